The van der Waals surface area contributed by atoms with Crippen LogP contribution in [0.4, 0.5) is 0 Å². The molecule has 1 aliphatic rings. The lowest BCUT2D eigenvalue weighted by Gasteiger charge is -2.48. The van der Waals surface area contributed by atoms with Crippen LogP contribution < -0.4 is 0 Å². The highest BCUT2D eigenvalue weighted by molar-refractivity contribution is 7.93. The van der Waals surface area contributed by atoms with E-state index in [-0.39, 0.29) is 11.3 Å². The average molecular weight is 305 g/mol. The van der Waals surface area contributed by atoms with Gasteiger partial charge in [-0.2, -0.15) is 5.26 Å². The molecular weight excluding hydrogens is 282 g/mol. The van der Waals surface area contributed by atoms with Crippen LogP contribution in [0.25, 0.3) is 0 Å². The zero-order valence-corrected chi connectivity index (χ0v) is 14.2. The molecule has 21 heavy (non-hydrogen) atoms. The van der Waals surface area contributed by atoms with Gasteiger partial charge in [-0.1, -0.05) is 32.9 Å². The number of aryl methyl sites for hydroxylation is 2. The van der Waals surface area contributed by atoms with Crippen molar-refractivity contribution in [3.8, 4) is 6.07 Å². The van der Waals surface area contributed by atoms with Gasteiger partial charge in [-0.25, -0.2) is 8.42 Å². The van der Waals surface area contributed by atoms with E-state index in [2.05, 4.69) is 26.8 Å². The molecule has 1 aromatic rings. The standard InChI is InChI=1S/C17H23NO2S/c1-12-6-7-13(2)15(8-12)21(19,20)17(11-18)9-14(10-17)16(3,4)5/h6-8,14H,9-10H2,1-5H3. The van der Waals surface area contributed by atoms with Crippen LogP contribution in [0.15, 0.2) is 23.1 Å². The Morgan fingerprint density at radius 3 is 2.29 bits per heavy atom. The molecule has 0 aliphatic heterocycles. The van der Waals surface area contributed by atoms with Crippen LogP contribution in [0.5, 0.6) is 0 Å². The summed E-state index contributed by atoms with van der Waals surface area (Å²) in [6.07, 6.45) is 0.866. The van der Waals surface area contributed by atoms with Gasteiger partial charge in [0.1, 0.15) is 0 Å². The smallest absolute Gasteiger partial charge is 0.197 e. The van der Waals surface area contributed by atoms with E-state index in [0.717, 1.165) is 11.1 Å². The highest BCUT2D eigenvalue weighted by Gasteiger charge is 2.58. The van der Waals surface area contributed by atoms with Crippen molar-refractivity contribution in [1.82, 2.24) is 0 Å². The Bertz CT molecular complexity index is 699. The Balaban J connectivity index is 2.45. The molecule has 0 spiro atoms. The molecule has 0 radical (unpaired) electrons. The molecule has 0 aromatic heterocycles. The maximum atomic E-state index is 13.0. The van der Waals surface area contributed by atoms with Crippen molar-refractivity contribution >= 4 is 9.84 Å². The first-order valence-corrected chi connectivity index (χ1v) is 8.75. The fourth-order valence-electron chi connectivity index (χ4n) is 2.93. The van der Waals surface area contributed by atoms with Crippen molar-refractivity contribution in [3.05, 3.63) is 29.3 Å². The number of sulfone groups is 1. The second-order valence-corrected chi connectivity index (χ2v) is 9.58. The minimum absolute atomic E-state index is 0.0392. The minimum atomic E-state index is -3.62. The zero-order valence-electron chi connectivity index (χ0n) is 13.4. The fourth-order valence-corrected chi connectivity index (χ4v) is 5.14. The Morgan fingerprint density at radius 1 is 1.24 bits per heavy atom. The van der Waals surface area contributed by atoms with Gasteiger partial charge in [0.15, 0.2) is 14.6 Å². The van der Waals surface area contributed by atoms with Gasteiger partial charge in [0.2, 0.25) is 0 Å². The lowest BCUT2D eigenvalue weighted by Crippen LogP contribution is -2.53. The Kier molecular flexibility index (Phi) is 3.70. The first-order chi connectivity index (χ1) is 9.53. The molecule has 1 fully saturated rings. The van der Waals surface area contributed by atoms with Crippen LogP contribution in [0.1, 0.15) is 44.7 Å². The predicted molar refractivity (Wildman–Crippen MR) is 83.6 cm³/mol. The molecular formula is C17H23NO2S. The van der Waals surface area contributed by atoms with E-state index in [1.54, 1.807) is 13.0 Å². The van der Waals surface area contributed by atoms with Crippen molar-refractivity contribution in [2.45, 2.75) is 57.1 Å². The molecule has 2 rings (SSSR count). The summed E-state index contributed by atoms with van der Waals surface area (Å²) in [7, 11) is -3.62. The van der Waals surface area contributed by atoms with E-state index < -0.39 is 14.6 Å². The van der Waals surface area contributed by atoms with E-state index in [4.69, 9.17) is 0 Å². The summed E-state index contributed by atoms with van der Waals surface area (Å²) in [5.41, 5.74) is 1.66. The van der Waals surface area contributed by atoms with E-state index >= 15 is 0 Å². The molecule has 1 aliphatic carbocycles. The summed E-state index contributed by atoms with van der Waals surface area (Å²) in [4.78, 5) is 0.316. The van der Waals surface area contributed by atoms with Gasteiger partial charge in [0.25, 0.3) is 0 Å². The molecule has 1 aromatic carbocycles. The van der Waals surface area contributed by atoms with Crippen LogP contribution >= 0.6 is 0 Å². The largest absolute Gasteiger partial charge is 0.222 e. The van der Waals surface area contributed by atoms with Gasteiger partial charge in [-0.15, -0.1) is 0 Å². The highest BCUT2D eigenvalue weighted by atomic mass is 32.2. The summed E-state index contributed by atoms with van der Waals surface area (Å²) in [6, 6.07) is 7.51. The molecule has 0 unspecified atom stereocenters. The molecule has 0 saturated heterocycles. The topological polar surface area (TPSA) is 57.9 Å². The van der Waals surface area contributed by atoms with Crippen molar-refractivity contribution in [1.29, 1.82) is 5.26 Å². The zero-order chi connectivity index (χ0) is 16.1. The molecule has 0 amide bonds. The SMILES string of the molecule is Cc1ccc(C)c(S(=O)(=O)C2(C#N)CC(C(C)(C)C)C2)c1. The summed E-state index contributed by atoms with van der Waals surface area (Å²) >= 11 is 0. The molecule has 3 nitrogen and oxygen atoms in total. The van der Waals surface area contributed by atoms with Crippen molar-refractivity contribution < 1.29 is 8.42 Å². The maximum absolute atomic E-state index is 13.0. The van der Waals surface area contributed by atoms with Crippen LogP contribution in [0, 0.1) is 36.5 Å². The number of nitriles is 1. The Morgan fingerprint density at radius 2 is 1.81 bits per heavy atom. The van der Waals surface area contributed by atoms with E-state index in [9.17, 15) is 13.7 Å². The van der Waals surface area contributed by atoms with E-state index in [1.165, 1.54) is 0 Å². The number of hydrogen-bond donors (Lipinski definition) is 0. The molecule has 0 bridgehead atoms. The monoisotopic (exact) mass is 305 g/mol. The first-order valence-electron chi connectivity index (χ1n) is 7.27. The summed E-state index contributed by atoms with van der Waals surface area (Å²) in [6.45, 7) is 9.96. The van der Waals surface area contributed by atoms with Gasteiger partial charge in [0.05, 0.1) is 11.0 Å². The second-order valence-electron chi connectivity index (χ2n) is 7.35. The number of hydrogen-bond acceptors (Lipinski definition) is 3. The highest BCUT2D eigenvalue weighted by Crippen LogP contribution is 2.53. The third kappa shape index (κ3) is 2.48. The third-order valence-electron chi connectivity index (χ3n) is 4.73. The summed E-state index contributed by atoms with van der Waals surface area (Å²) in [5.74, 6) is 0.275. The van der Waals surface area contributed by atoms with Crippen LogP contribution in [-0.2, 0) is 9.84 Å². The van der Waals surface area contributed by atoms with Crippen LogP contribution in [0.2, 0.25) is 0 Å². The van der Waals surface area contributed by atoms with Crippen LogP contribution in [-0.4, -0.2) is 13.2 Å². The van der Waals surface area contributed by atoms with Gasteiger partial charge in [-0.3, -0.25) is 0 Å². The van der Waals surface area contributed by atoms with Crippen LogP contribution in [0.3, 0.4) is 0 Å². The summed E-state index contributed by atoms with van der Waals surface area (Å²) < 4.78 is 24.7. The second kappa shape index (κ2) is 4.84. The molecule has 1 saturated carbocycles. The van der Waals surface area contributed by atoms with E-state index in [0.29, 0.717) is 17.7 Å². The quantitative estimate of drug-likeness (QED) is 0.835. The van der Waals surface area contributed by atoms with Gasteiger partial charge in [-0.05, 0) is 55.2 Å². The van der Waals surface area contributed by atoms with Crippen molar-refractivity contribution in [3.63, 3.8) is 0 Å². The number of benzene rings is 1. The number of rotatable bonds is 2. The van der Waals surface area contributed by atoms with Crippen molar-refractivity contribution in [2.24, 2.45) is 11.3 Å². The normalized spacial score (nSPS) is 26.0. The molecule has 114 valence electrons. The fraction of sp³-hybridized carbons (Fsp3) is 0.588. The summed E-state index contributed by atoms with van der Waals surface area (Å²) in [5, 5.41) is 9.55. The Labute approximate surface area is 127 Å². The lowest BCUT2D eigenvalue weighted by molar-refractivity contribution is 0.117. The van der Waals surface area contributed by atoms with Gasteiger partial charge in [0, 0.05) is 0 Å². The average Bonchev–Trinajstić information content (AvgIpc) is 2.29. The maximum Gasteiger partial charge on any atom is 0.197 e. The molecule has 0 heterocycles. The number of nitrogens with zero attached hydrogens (tertiary/aromatic N) is 1. The molecule has 0 atom stereocenters. The lowest BCUT2D eigenvalue weighted by atomic mass is 9.63. The molecule has 0 N–H and O–H groups in total. The van der Waals surface area contributed by atoms with E-state index in [1.807, 2.05) is 19.1 Å². The van der Waals surface area contributed by atoms with Gasteiger partial charge >= 0.3 is 0 Å². The molecule has 4 heteroatoms. The van der Waals surface area contributed by atoms with Gasteiger partial charge < -0.3 is 0 Å². The third-order valence-corrected chi connectivity index (χ3v) is 7.20. The first kappa shape index (κ1) is 16.0. The predicted octanol–water partition coefficient (Wildman–Crippen LogP) is 3.80. The Hall–Kier alpha value is -1.34. The van der Waals surface area contributed by atoms with Crippen molar-refractivity contribution in [2.75, 3.05) is 0 Å². The minimum Gasteiger partial charge on any atom is -0.222 e.